The number of aliphatic hydroxyl groups excluding tert-OH is 1. The van der Waals surface area contributed by atoms with Gasteiger partial charge >= 0.3 is 0 Å². The van der Waals surface area contributed by atoms with Crippen molar-refractivity contribution in [2.75, 3.05) is 13.7 Å². The van der Waals surface area contributed by atoms with Crippen molar-refractivity contribution in [3.63, 3.8) is 0 Å². The number of rotatable bonds is 10. The number of methoxy groups -OCH3 is 1. The van der Waals surface area contributed by atoms with Gasteiger partial charge in [-0.2, -0.15) is 0 Å². The van der Waals surface area contributed by atoms with E-state index < -0.39 is 6.10 Å². The van der Waals surface area contributed by atoms with Crippen molar-refractivity contribution in [3.05, 3.63) is 106 Å². The summed E-state index contributed by atoms with van der Waals surface area (Å²) in [6, 6.07) is 24.9. The molecule has 6 nitrogen and oxygen atoms in total. The summed E-state index contributed by atoms with van der Waals surface area (Å²) in [6.45, 7) is 2.86. The van der Waals surface area contributed by atoms with Gasteiger partial charge in [0.05, 0.1) is 18.7 Å². The molecule has 4 rings (SSSR count). The van der Waals surface area contributed by atoms with Crippen LogP contribution >= 0.6 is 12.4 Å². The summed E-state index contributed by atoms with van der Waals surface area (Å²) in [4.78, 5) is 14.9. The molecule has 2 atom stereocenters. The first-order chi connectivity index (χ1) is 16.5. The van der Waals surface area contributed by atoms with Crippen LogP contribution in [0.5, 0.6) is 11.5 Å². The fraction of sp³-hybridized carbons (Fsp3) is 0.250. The Morgan fingerprint density at radius 2 is 1.69 bits per heavy atom. The first-order valence-electron chi connectivity index (χ1n) is 11.4. The van der Waals surface area contributed by atoms with Gasteiger partial charge in [0.1, 0.15) is 18.1 Å². The van der Waals surface area contributed by atoms with Crippen LogP contribution in [-0.4, -0.2) is 29.8 Å². The van der Waals surface area contributed by atoms with Crippen molar-refractivity contribution in [2.45, 2.75) is 32.1 Å². The quantitative estimate of drug-likeness (QED) is 0.295. The number of halogens is 1. The number of aromatic amines is 1. The van der Waals surface area contributed by atoms with Crippen LogP contribution in [0.1, 0.15) is 29.7 Å². The minimum absolute atomic E-state index is 0. The normalized spacial score (nSPS) is 12.5. The number of nitrogens with one attached hydrogen (secondary N) is 2. The van der Waals surface area contributed by atoms with Gasteiger partial charge in [0, 0.05) is 24.0 Å². The van der Waals surface area contributed by atoms with E-state index in [1.54, 1.807) is 19.2 Å². The number of benzene rings is 3. The van der Waals surface area contributed by atoms with Crippen LogP contribution in [-0.2, 0) is 13.0 Å². The van der Waals surface area contributed by atoms with Crippen LogP contribution in [0.25, 0.3) is 10.9 Å². The molecule has 35 heavy (non-hydrogen) atoms. The average molecular weight is 495 g/mol. The van der Waals surface area contributed by atoms with Crippen molar-refractivity contribution in [1.29, 1.82) is 0 Å². The molecule has 0 aliphatic heterocycles. The maximum Gasteiger partial charge on any atom is 0.248 e. The van der Waals surface area contributed by atoms with E-state index in [0.29, 0.717) is 24.4 Å². The van der Waals surface area contributed by atoms with Crippen molar-refractivity contribution < 1.29 is 14.6 Å². The van der Waals surface area contributed by atoms with Crippen LogP contribution < -0.4 is 20.3 Å². The van der Waals surface area contributed by atoms with E-state index in [9.17, 15) is 9.90 Å². The van der Waals surface area contributed by atoms with Crippen molar-refractivity contribution >= 4 is 23.3 Å². The fourth-order valence-corrected chi connectivity index (χ4v) is 4.00. The molecule has 0 spiro atoms. The summed E-state index contributed by atoms with van der Waals surface area (Å²) in [5.41, 5.74) is 3.34. The van der Waals surface area contributed by atoms with Crippen LogP contribution in [0, 0.1) is 0 Å². The van der Waals surface area contributed by atoms with E-state index in [2.05, 4.69) is 17.2 Å². The third-order valence-electron chi connectivity index (χ3n) is 5.85. The van der Waals surface area contributed by atoms with Crippen molar-refractivity contribution in [2.24, 2.45) is 0 Å². The maximum atomic E-state index is 12.0. The van der Waals surface area contributed by atoms with Crippen LogP contribution in [0.15, 0.2) is 83.7 Å². The Balaban J connectivity index is 0.00000342. The van der Waals surface area contributed by atoms with Gasteiger partial charge in [0.25, 0.3) is 0 Å². The number of ether oxygens (including phenoxy) is 2. The second-order valence-corrected chi connectivity index (χ2v) is 8.42. The molecule has 0 fully saturated rings. The van der Waals surface area contributed by atoms with Gasteiger partial charge in [-0.05, 0) is 54.3 Å². The summed E-state index contributed by atoms with van der Waals surface area (Å²) < 4.78 is 11.2. The molecular weight excluding hydrogens is 464 g/mol. The summed E-state index contributed by atoms with van der Waals surface area (Å²) in [6.07, 6.45) is 0.0896. The van der Waals surface area contributed by atoms with Crippen molar-refractivity contribution in [3.8, 4) is 11.5 Å². The second kappa shape index (κ2) is 12.4. The Kier molecular flexibility index (Phi) is 9.32. The van der Waals surface area contributed by atoms with E-state index in [1.807, 2.05) is 60.7 Å². The van der Waals surface area contributed by atoms with E-state index in [4.69, 9.17) is 9.47 Å². The molecule has 184 valence electrons. The molecule has 0 radical (unpaired) electrons. The Morgan fingerprint density at radius 3 is 2.40 bits per heavy atom. The highest BCUT2D eigenvalue weighted by molar-refractivity contribution is 5.87. The number of aromatic nitrogens is 1. The van der Waals surface area contributed by atoms with Gasteiger partial charge in [-0.1, -0.05) is 48.5 Å². The first kappa shape index (κ1) is 26.3. The van der Waals surface area contributed by atoms with Gasteiger partial charge in [-0.25, -0.2) is 0 Å². The van der Waals surface area contributed by atoms with Crippen LogP contribution in [0.4, 0.5) is 0 Å². The van der Waals surface area contributed by atoms with Crippen molar-refractivity contribution in [1.82, 2.24) is 10.3 Å². The molecule has 0 saturated carbocycles. The molecule has 0 aliphatic carbocycles. The third kappa shape index (κ3) is 6.85. The van der Waals surface area contributed by atoms with E-state index >= 15 is 0 Å². The SMILES string of the molecule is COc1ccc(C[C@@H](C)NC[C@@H](O)c2ccc(OCc3ccccc3)c3[nH]c(=O)ccc23)cc1.Cl. The van der Waals surface area contributed by atoms with Gasteiger partial charge < -0.3 is 24.9 Å². The zero-order chi connectivity index (χ0) is 23.9. The van der Waals surface area contributed by atoms with Gasteiger partial charge in [-0.3, -0.25) is 4.79 Å². The lowest BCUT2D eigenvalue weighted by Crippen LogP contribution is -2.32. The number of H-pyrrole nitrogens is 1. The predicted octanol–water partition coefficient (Wildman–Crippen LogP) is 4.79. The number of fused-ring (bicyclic) bond motifs is 1. The lowest BCUT2D eigenvalue weighted by Gasteiger charge is -2.20. The Bertz CT molecular complexity index is 1280. The van der Waals surface area contributed by atoms with E-state index in [1.165, 1.54) is 11.6 Å². The summed E-state index contributed by atoms with van der Waals surface area (Å²) in [7, 11) is 1.65. The van der Waals surface area contributed by atoms with Gasteiger partial charge in [0.2, 0.25) is 5.56 Å². The average Bonchev–Trinajstić information content (AvgIpc) is 2.87. The summed E-state index contributed by atoms with van der Waals surface area (Å²) in [5, 5.41) is 15.1. The topological polar surface area (TPSA) is 83.6 Å². The van der Waals surface area contributed by atoms with Gasteiger partial charge in [-0.15, -0.1) is 12.4 Å². The lowest BCUT2D eigenvalue weighted by atomic mass is 10.0. The maximum absolute atomic E-state index is 12.0. The largest absolute Gasteiger partial charge is 0.497 e. The number of hydrogen-bond acceptors (Lipinski definition) is 5. The minimum Gasteiger partial charge on any atom is -0.497 e. The molecule has 7 heteroatoms. The lowest BCUT2D eigenvalue weighted by molar-refractivity contribution is 0.172. The molecule has 0 aliphatic rings. The highest BCUT2D eigenvalue weighted by atomic mass is 35.5. The Morgan fingerprint density at radius 1 is 0.943 bits per heavy atom. The monoisotopic (exact) mass is 494 g/mol. The fourth-order valence-electron chi connectivity index (χ4n) is 4.00. The Labute approximate surface area is 211 Å². The molecule has 4 aromatic rings. The summed E-state index contributed by atoms with van der Waals surface area (Å²) in [5.74, 6) is 1.41. The van der Waals surface area contributed by atoms with Gasteiger partial charge in [0.15, 0.2) is 0 Å². The molecule has 0 amide bonds. The molecule has 0 unspecified atom stereocenters. The highest BCUT2D eigenvalue weighted by Crippen LogP contribution is 2.30. The Hall–Kier alpha value is -3.32. The second-order valence-electron chi connectivity index (χ2n) is 8.42. The van der Waals surface area contributed by atoms with Crippen LogP contribution in [0.3, 0.4) is 0 Å². The van der Waals surface area contributed by atoms with E-state index in [0.717, 1.165) is 28.7 Å². The molecule has 1 heterocycles. The standard InChI is InChI=1S/C28H30N2O4.ClH/c1-19(16-20-8-10-22(33-2)11-9-20)29-17-25(31)23-12-14-26(28-24(23)13-15-27(32)30-28)34-18-21-6-4-3-5-7-21;/h3-15,19,25,29,31H,16-18H2,1-2H3,(H,30,32);1H/t19-,25-;/m1./s1. The molecule has 3 aromatic carbocycles. The van der Waals surface area contributed by atoms with E-state index in [-0.39, 0.29) is 24.0 Å². The highest BCUT2D eigenvalue weighted by Gasteiger charge is 2.16. The number of hydrogen-bond donors (Lipinski definition) is 3. The zero-order valence-corrected chi connectivity index (χ0v) is 20.7. The smallest absolute Gasteiger partial charge is 0.248 e. The molecule has 1 aromatic heterocycles. The molecular formula is C28H31ClN2O4. The predicted molar refractivity (Wildman–Crippen MR) is 142 cm³/mol. The number of aliphatic hydroxyl groups is 1. The first-order valence-corrected chi connectivity index (χ1v) is 11.4. The van der Waals surface area contributed by atoms with Crippen LogP contribution in [0.2, 0.25) is 0 Å². The minimum atomic E-state index is -0.741. The number of pyridine rings is 1. The third-order valence-corrected chi connectivity index (χ3v) is 5.85. The molecule has 3 N–H and O–H groups in total. The molecule has 0 bridgehead atoms. The zero-order valence-electron chi connectivity index (χ0n) is 19.9. The molecule has 0 saturated heterocycles. The summed E-state index contributed by atoms with van der Waals surface area (Å²) >= 11 is 0.